The van der Waals surface area contributed by atoms with Crippen molar-refractivity contribution in [3.63, 3.8) is 0 Å². The quantitative estimate of drug-likeness (QED) is 0.771. The fraction of sp³-hybridized carbons (Fsp3) is 0.625. The molecule has 0 radical (unpaired) electrons. The molecular formula is C8H11ClN2OS. The average molecular weight is 219 g/mol. The van der Waals surface area contributed by atoms with Gasteiger partial charge in [-0.1, -0.05) is 11.6 Å². The minimum Gasteiger partial charge on any atom is -0.379 e. The standard InChI is InChI=1S/C8H11ClN2OS/c1-12-7-3-11(4-7)2-6-5-13-8(9)10-6/h5,7H,2-4H2,1H3. The molecule has 1 aromatic rings. The number of halogens is 1. The van der Waals surface area contributed by atoms with Crippen molar-refractivity contribution in [2.75, 3.05) is 20.2 Å². The third kappa shape index (κ3) is 2.20. The molecule has 2 rings (SSSR count). The van der Waals surface area contributed by atoms with E-state index in [-0.39, 0.29) is 0 Å². The topological polar surface area (TPSA) is 25.4 Å². The van der Waals surface area contributed by atoms with Crippen molar-refractivity contribution in [1.82, 2.24) is 9.88 Å². The molecule has 0 aliphatic carbocycles. The predicted molar refractivity (Wildman–Crippen MR) is 53.2 cm³/mol. The highest BCUT2D eigenvalue weighted by Crippen LogP contribution is 2.19. The van der Waals surface area contributed by atoms with Gasteiger partial charge in [-0.25, -0.2) is 4.98 Å². The van der Waals surface area contributed by atoms with Gasteiger partial charge >= 0.3 is 0 Å². The molecule has 0 saturated carbocycles. The molecule has 0 spiro atoms. The predicted octanol–water partition coefficient (Wildman–Crippen LogP) is 1.63. The summed E-state index contributed by atoms with van der Waals surface area (Å²) in [5, 5.41) is 2.00. The Kier molecular flexibility index (Phi) is 2.83. The molecule has 1 fully saturated rings. The van der Waals surface area contributed by atoms with E-state index in [1.165, 1.54) is 11.3 Å². The summed E-state index contributed by atoms with van der Waals surface area (Å²) >= 11 is 7.21. The summed E-state index contributed by atoms with van der Waals surface area (Å²) in [5.74, 6) is 0. The Hall–Kier alpha value is -0.160. The number of methoxy groups -OCH3 is 1. The van der Waals surface area contributed by atoms with E-state index in [0.29, 0.717) is 10.6 Å². The Morgan fingerprint density at radius 3 is 3.08 bits per heavy atom. The first-order valence-corrected chi connectivity index (χ1v) is 5.38. The molecule has 0 amide bonds. The second kappa shape index (κ2) is 3.92. The van der Waals surface area contributed by atoms with Gasteiger partial charge in [-0.2, -0.15) is 0 Å². The van der Waals surface area contributed by atoms with Gasteiger partial charge in [-0.15, -0.1) is 11.3 Å². The minimum absolute atomic E-state index is 0.411. The first-order chi connectivity index (χ1) is 6.28. The fourth-order valence-corrected chi connectivity index (χ4v) is 2.16. The monoisotopic (exact) mass is 218 g/mol. The molecule has 0 bridgehead atoms. The van der Waals surface area contributed by atoms with E-state index < -0.39 is 0 Å². The summed E-state index contributed by atoms with van der Waals surface area (Å²) in [5.41, 5.74) is 1.06. The van der Waals surface area contributed by atoms with Crippen molar-refractivity contribution in [2.24, 2.45) is 0 Å². The largest absolute Gasteiger partial charge is 0.379 e. The molecule has 0 aromatic carbocycles. The normalized spacial score (nSPS) is 18.9. The maximum absolute atomic E-state index is 5.73. The minimum atomic E-state index is 0.411. The van der Waals surface area contributed by atoms with Gasteiger partial charge in [0.25, 0.3) is 0 Å². The van der Waals surface area contributed by atoms with Crippen LogP contribution in [0, 0.1) is 0 Å². The van der Waals surface area contributed by atoms with Crippen LogP contribution in [0.3, 0.4) is 0 Å². The van der Waals surface area contributed by atoms with E-state index in [1.807, 2.05) is 5.38 Å². The zero-order valence-corrected chi connectivity index (χ0v) is 8.94. The van der Waals surface area contributed by atoms with Crippen LogP contribution in [0.15, 0.2) is 5.38 Å². The number of hydrogen-bond donors (Lipinski definition) is 0. The number of thiazole rings is 1. The number of ether oxygens (including phenoxy) is 1. The van der Waals surface area contributed by atoms with Crippen LogP contribution in [-0.4, -0.2) is 36.2 Å². The van der Waals surface area contributed by atoms with Gasteiger partial charge in [0.05, 0.1) is 11.8 Å². The van der Waals surface area contributed by atoms with E-state index in [9.17, 15) is 0 Å². The highest BCUT2D eigenvalue weighted by atomic mass is 35.5. The Labute approximate surface area is 86.3 Å². The molecule has 0 atom stereocenters. The first-order valence-electron chi connectivity index (χ1n) is 4.13. The molecule has 0 N–H and O–H groups in total. The highest BCUT2D eigenvalue weighted by molar-refractivity contribution is 7.13. The van der Waals surface area contributed by atoms with Crippen LogP contribution >= 0.6 is 22.9 Å². The Morgan fingerprint density at radius 1 is 1.77 bits per heavy atom. The number of likely N-dealkylation sites (tertiary alicyclic amines) is 1. The molecule has 0 unspecified atom stereocenters. The molecule has 2 heterocycles. The average Bonchev–Trinajstić information content (AvgIpc) is 2.43. The molecular weight excluding hydrogens is 208 g/mol. The van der Waals surface area contributed by atoms with Gasteiger partial charge in [0, 0.05) is 32.1 Å². The summed E-state index contributed by atoms with van der Waals surface area (Å²) in [6.07, 6.45) is 0.411. The number of aromatic nitrogens is 1. The number of nitrogens with zero attached hydrogens (tertiary/aromatic N) is 2. The third-order valence-electron chi connectivity index (χ3n) is 2.17. The zero-order chi connectivity index (χ0) is 9.26. The van der Waals surface area contributed by atoms with Crippen LogP contribution in [0.4, 0.5) is 0 Å². The molecule has 5 heteroatoms. The van der Waals surface area contributed by atoms with Gasteiger partial charge in [-0.3, -0.25) is 4.90 Å². The van der Waals surface area contributed by atoms with Crippen molar-refractivity contribution < 1.29 is 4.74 Å². The van der Waals surface area contributed by atoms with Crippen LogP contribution in [0.25, 0.3) is 0 Å². The molecule has 13 heavy (non-hydrogen) atoms. The maximum atomic E-state index is 5.73. The van der Waals surface area contributed by atoms with Gasteiger partial charge < -0.3 is 4.74 Å². The van der Waals surface area contributed by atoms with Crippen LogP contribution in [0.2, 0.25) is 4.47 Å². The van der Waals surface area contributed by atoms with E-state index in [1.54, 1.807) is 7.11 Å². The van der Waals surface area contributed by atoms with Gasteiger partial charge in [0.2, 0.25) is 0 Å². The van der Waals surface area contributed by atoms with Crippen molar-refractivity contribution in [2.45, 2.75) is 12.6 Å². The molecule has 1 aliphatic heterocycles. The van der Waals surface area contributed by atoms with E-state index in [0.717, 1.165) is 25.3 Å². The smallest absolute Gasteiger partial charge is 0.183 e. The Balaban J connectivity index is 1.81. The highest BCUT2D eigenvalue weighted by Gasteiger charge is 2.26. The second-order valence-electron chi connectivity index (χ2n) is 3.14. The zero-order valence-electron chi connectivity index (χ0n) is 7.36. The summed E-state index contributed by atoms with van der Waals surface area (Å²) < 4.78 is 5.80. The van der Waals surface area contributed by atoms with Crippen molar-refractivity contribution in [3.05, 3.63) is 15.5 Å². The molecule has 1 aromatic heterocycles. The second-order valence-corrected chi connectivity index (χ2v) is 4.58. The van der Waals surface area contributed by atoms with Gasteiger partial charge in [0.15, 0.2) is 4.47 Å². The van der Waals surface area contributed by atoms with Crippen LogP contribution < -0.4 is 0 Å². The van der Waals surface area contributed by atoms with E-state index in [2.05, 4.69) is 9.88 Å². The fourth-order valence-electron chi connectivity index (χ4n) is 1.38. The summed E-state index contributed by atoms with van der Waals surface area (Å²) in [6.45, 7) is 2.90. The van der Waals surface area contributed by atoms with Gasteiger partial charge in [0.1, 0.15) is 0 Å². The van der Waals surface area contributed by atoms with Gasteiger partial charge in [-0.05, 0) is 0 Å². The molecule has 72 valence electrons. The van der Waals surface area contributed by atoms with Crippen LogP contribution in [0.1, 0.15) is 5.69 Å². The Bertz CT molecular complexity index is 285. The molecule has 1 saturated heterocycles. The van der Waals surface area contributed by atoms with Crippen molar-refractivity contribution >= 4 is 22.9 Å². The number of hydrogen-bond acceptors (Lipinski definition) is 4. The summed E-state index contributed by atoms with van der Waals surface area (Å²) in [6, 6.07) is 0. The summed E-state index contributed by atoms with van der Waals surface area (Å²) in [7, 11) is 1.75. The maximum Gasteiger partial charge on any atom is 0.183 e. The lowest BCUT2D eigenvalue weighted by molar-refractivity contribution is -0.0338. The lowest BCUT2D eigenvalue weighted by atomic mass is 10.1. The SMILES string of the molecule is COC1CN(Cc2csc(Cl)n2)C1. The molecule has 1 aliphatic rings. The van der Waals surface area contributed by atoms with Crippen molar-refractivity contribution in [1.29, 1.82) is 0 Å². The molecule has 3 nitrogen and oxygen atoms in total. The van der Waals surface area contributed by atoms with E-state index in [4.69, 9.17) is 16.3 Å². The van der Waals surface area contributed by atoms with Crippen LogP contribution in [0.5, 0.6) is 0 Å². The number of rotatable bonds is 3. The lowest BCUT2D eigenvalue weighted by Crippen LogP contribution is -2.50. The third-order valence-corrected chi connectivity index (χ3v) is 3.19. The van der Waals surface area contributed by atoms with Crippen LogP contribution in [-0.2, 0) is 11.3 Å². The van der Waals surface area contributed by atoms with Crippen molar-refractivity contribution in [3.8, 4) is 0 Å². The first kappa shape index (κ1) is 9.40. The lowest BCUT2D eigenvalue weighted by Gasteiger charge is -2.37. The Morgan fingerprint density at radius 2 is 2.54 bits per heavy atom. The summed E-state index contributed by atoms with van der Waals surface area (Å²) in [4.78, 5) is 6.48. The van der Waals surface area contributed by atoms with E-state index >= 15 is 0 Å².